The van der Waals surface area contributed by atoms with Gasteiger partial charge in [-0.25, -0.2) is 0 Å². The van der Waals surface area contributed by atoms with E-state index < -0.39 is 0 Å². The summed E-state index contributed by atoms with van der Waals surface area (Å²) in [7, 11) is 0. The SMILES string of the molecule is Clc1[c]c(Br)ccc1Cl. The third kappa shape index (κ3) is 1.85. The van der Waals surface area contributed by atoms with E-state index in [9.17, 15) is 0 Å². The Kier molecular flexibility index (Phi) is 2.39. The summed E-state index contributed by atoms with van der Waals surface area (Å²) in [5.41, 5.74) is 0. The Labute approximate surface area is 71.9 Å². The van der Waals surface area contributed by atoms with Gasteiger partial charge < -0.3 is 0 Å². The Bertz CT molecular complexity index is 222. The molecule has 1 aromatic rings. The molecule has 0 aromatic heterocycles. The molecule has 0 atom stereocenters. The van der Waals surface area contributed by atoms with Crippen LogP contribution < -0.4 is 0 Å². The smallest absolute Gasteiger partial charge is 0.0682 e. The van der Waals surface area contributed by atoms with E-state index >= 15 is 0 Å². The molecule has 3 heteroatoms. The van der Waals surface area contributed by atoms with Crippen molar-refractivity contribution < 1.29 is 0 Å². The second-order valence-electron chi connectivity index (χ2n) is 1.47. The standard InChI is InChI=1S/C6H2BrCl2/c7-4-1-2-5(8)6(9)3-4/h1-2H. The molecule has 0 nitrogen and oxygen atoms in total. The van der Waals surface area contributed by atoms with E-state index in [1.54, 1.807) is 12.1 Å². The number of rotatable bonds is 0. The summed E-state index contributed by atoms with van der Waals surface area (Å²) in [4.78, 5) is 0. The lowest BCUT2D eigenvalue weighted by Crippen LogP contribution is -1.67. The molecule has 0 aliphatic carbocycles. The quantitative estimate of drug-likeness (QED) is 0.592. The zero-order valence-corrected chi connectivity index (χ0v) is 7.39. The van der Waals surface area contributed by atoms with Crippen molar-refractivity contribution in [2.24, 2.45) is 0 Å². The van der Waals surface area contributed by atoms with Gasteiger partial charge in [0.2, 0.25) is 0 Å². The molecular formula is C6H2BrCl2. The van der Waals surface area contributed by atoms with Crippen LogP contribution in [0.15, 0.2) is 16.6 Å². The molecule has 1 aromatic carbocycles. The number of benzene rings is 1. The first-order chi connectivity index (χ1) is 4.20. The van der Waals surface area contributed by atoms with E-state index in [0.29, 0.717) is 10.0 Å². The van der Waals surface area contributed by atoms with Gasteiger partial charge in [-0.05, 0) is 12.1 Å². The first-order valence-corrected chi connectivity index (χ1v) is 3.78. The molecule has 9 heavy (non-hydrogen) atoms. The predicted molar refractivity (Wildman–Crippen MR) is 43.0 cm³/mol. The van der Waals surface area contributed by atoms with Gasteiger partial charge in [0.25, 0.3) is 0 Å². The van der Waals surface area contributed by atoms with Crippen molar-refractivity contribution in [2.45, 2.75) is 0 Å². The Morgan fingerprint density at radius 2 is 2.00 bits per heavy atom. The minimum atomic E-state index is 0.450. The molecule has 47 valence electrons. The highest BCUT2D eigenvalue weighted by Gasteiger charge is 1.95. The third-order valence-corrected chi connectivity index (χ3v) is 1.99. The summed E-state index contributed by atoms with van der Waals surface area (Å²) in [5.74, 6) is 0. The molecule has 0 saturated heterocycles. The molecule has 0 fully saturated rings. The topological polar surface area (TPSA) is 0 Å². The monoisotopic (exact) mass is 223 g/mol. The fourth-order valence-corrected chi connectivity index (χ4v) is 1.15. The molecule has 0 aliphatic heterocycles. The molecular weight excluding hydrogens is 223 g/mol. The Morgan fingerprint density at radius 3 is 2.44 bits per heavy atom. The van der Waals surface area contributed by atoms with Crippen LogP contribution in [0.4, 0.5) is 0 Å². The van der Waals surface area contributed by atoms with Crippen LogP contribution in [0.1, 0.15) is 0 Å². The van der Waals surface area contributed by atoms with Crippen LogP contribution in [0.5, 0.6) is 0 Å². The minimum Gasteiger partial charge on any atom is -0.0827 e. The lowest BCUT2D eigenvalue weighted by molar-refractivity contribution is 1.63. The summed E-state index contributed by atoms with van der Waals surface area (Å²) < 4.78 is 0.817. The molecule has 0 amide bonds. The highest BCUT2D eigenvalue weighted by Crippen LogP contribution is 2.23. The zero-order chi connectivity index (χ0) is 6.85. The van der Waals surface area contributed by atoms with E-state index in [1.165, 1.54) is 0 Å². The first-order valence-electron chi connectivity index (χ1n) is 2.23. The fourth-order valence-electron chi connectivity index (χ4n) is 0.426. The van der Waals surface area contributed by atoms with Crippen molar-refractivity contribution in [3.8, 4) is 0 Å². The molecule has 0 N–H and O–H groups in total. The lowest BCUT2D eigenvalue weighted by Gasteiger charge is -1.92. The van der Waals surface area contributed by atoms with E-state index in [2.05, 4.69) is 22.0 Å². The lowest BCUT2D eigenvalue weighted by atomic mass is 10.4. The molecule has 1 rings (SSSR count). The van der Waals surface area contributed by atoms with Gasteiger partial charge in [0.1, 0.15) is 0 Å². The van der Waals surface area contributed by atoms with Crippen molar-refractivity contribution in [3.05, 3.63) is 32.7 Å². The van der Waals surface area contributed by atoms with E-state index in [-0.39, 0.29) is 0 Å². The summed E-state index contributed by atoms with van der Waals surface area (Å²) in [5, 5.41) is 0.978. The first kappa shape index (κ1) is 7.39. The van der Waals surface area contributed by atoms with E-state index in [1.807, 2.05) is 0 Å². The minimum absolute atomic E-state index is 0.450. The zero-order valence-electron chi connectivity index (χ0n) is 4.29. The molecule has 0 unspecified atom stereocenters. The molecule has 1 radical (unpaired) electrons. The van der Waals surface area contributed by atoms with E-state index in [0.717, 1.165) is 4.47 Å². The maximum atomic E-state index is 5.60. The molecule has 0 bridgehead atoms. The van der Waals surface area contributed by atoms with Crippen LogP contribution in [-0.2, 0) is 0 Å². The molecule has 0 heterocycles. The predicted octanol–water partition coefficient (Wildman–Crippen LogP) is 3.56. The summed E-state index contributed by atoms with van der Waals surface area (Å²) in [6.45, 7) is 0. The average molecular weight is 225 g/mol. The number of halogens is 3. The van der Waals surface area contributed by atoms with Gasteiger partial charge in [0.15, 0.2) is 0 Å². The van der Waals surface area contributed by atoms with Crippen LogP contribution in [0, 0.1) is 6.07 Å². The van der Waals surface area contributed by atoms with Crippen molar-refractivity contribution >= 4 is 39.1 Å². The highest BCUT2D eigenvalue weighted by atomic mass is 79.9. The summed E-state index contributed by atoms with van der Waals surface area (Å²) in [6.07, 6.45) is 0. The van der Waals surface area contributed by atoms with Crippen LogP contribution in [0.3, 0.4) is 0 Å². The Morgan fingerprint density at radius 1 is 1.33 bits per heavy atom. The number of hydrogen-bond acceptors (Lipinski definition) is 0. The van der Waals surface area contributed by atoms with Crippen molar-refractivity contribution in [3.63, 3.8) is 0 Å². The van der Waals surface area contributed by atoms with E-state index in [4.69, 9.17) is 23.2 Å². The van der Waals surface area contributed by atoms with Gasteiger partial charge in [0.05, 0.1) is 10.0 Å². The normalized spacial score (nSPS) is 9.67. The molecule has 0 aliphatic rings. The number of hydrogen-bond donors (Lipinski definition) is 0. The third-order valence-electron chi connectivity index (χ3n) is 0.815. The molecule has 0 saturated carbocycles. The maximum absolute atomic E-state index is 5.60. The van der Waals surface area contributed by atoms with Gasteiger partial charge in [-0.1, -0.05) is 39.1 Å². The molecule has 0 spiro atoms. The Hall–Kier alpha value is 0.280. The van der Waals surface area contributed by atoms with Crippen LogP contribution in [-0.4, -0.2) is 0 Å². The van der Waals surface area contributed by atoms with Gasteiger partial charge >= 0.3 is 0 Å². The van der Waals surface area contributed by atoms with Crippen LogP contribution in [0.25, 0.3) is 0 Å². The van der Waals surface area contributed by atoms with Gasteiger partial charge in [-0.2, -0.15) is 0 Å². The largest absolute Gasteiger partial charge is 0.0827 e. The Balaban J connectivity index is 3.17. The average Bonchev–Trinajstić information content (AvgIpc) is 1.80. The summed E-state index contributed by atoms with van der Waals surface area (Å²) >= 11 is 14.4. The van der Waals surface area contributed by atoms with Crippen molar-refractivity contribution in [1.82, 2.24) is 0 Å². The van der Waals surface area contributed by atoms with Gasteiger partial charge in [-0.3, -0.25) is 0 Å². The van der Waals surface area contributed by atoms with Crippen LogP contribution >= 0.6 is 39.1 Å². The fraction of sp³-hybridized carbons (Fsp3) is 0. The second kappa shape index (κ2) is 2.91. The second-order valence-corrected chi connectivity index (χ2v) is 3.11. The van der Waals surface area contributed by atoms with Gasteiger partial charge in [-0.15, -0.1) is 0 Å². The van der Waals surface area contributed by atoms with Crippen molar-refractivity contribution in [2.75, 3.05) is 0 Å². The summed E-state index contributed by atoms with van der Waals surface area (Å²) in [6, 6.07) is 6.29. The van der Waals surface area contributed by atoms with Crippen LogP contribution in [0.2, 0.25) is 10.0 Å². The van der Waals surface area contributed by atoms with Crippen molar-refractivity contribution in [1.29, 1.82) is 0 Å². The van der Waals surface area contributed by atoms with Gasteiger partial charge in [0, 0.05) is 10.5 Å². The maximum Gasteiger partial charge on any atom is 0.0682 e. The highest BCUT2D eigenvalue weighted by molar-refractivity contribution is 9.10.